The Kier molecular flexibility index (Phi) is 4.37. The van der Waals surface area contributed by atoms with Gasteiger partial charge >= 0.3 is 0 Å². The van der Waals surface area contributed by atoms with Crippen LogP contribution in [0.25, 0.3) is 0 Å². The number of pyridine rings is 1. The Morgan fingerprint density at radius 2 is 2.31 bits per heavy atom. The third-order valence-electron chi connectivity index (χ3n) is 2.25. The SMILES string of the molecule is CCN(CC(N)=S)C(=O)c1cccnc1C. The van der Waals surface area contributed by atoms with Crippen molar-refractivity contribution < 1.29 is 4.79 Å². The van der Waals surface area contributed by atoms with Crippen LogP contribution >= 0.6 is 12.2 Å². The minimum atomic E-state index is -0.0825. The highest BCUT2D eigenvalue weighted by atomic mass is 32.1. The van der Waals surface area contributed by atoms with Gasteiger partial charge in [0.15, 0.2) is 0 Å². The zero-order chi connectivity index (χ0) is 12.1. The number of thiocarbonyl (C=S) groups is 1. The highest BCUT2D eigenvalue weighted by Crippen LogP contribution is 2.07. The van der Waals surface area contributed by atoms with E-state index in [4.69, 9.17) is 18.0 Å². The van der Waals surface area contributed by atoms with E-state index in [-0.39, 0.29) is 5.91 Å². The summed E-state index contributed by atoms with van der Waals surface area (Å²) in [5.74, 6) is -0.0825. The third kappa shape index (κ3) is 3.00. The molecule has 1 heterocycles. The zero-order valence-corrected chi connectivity index (χ0v) is 10.3. The molecule has 1 rings (SSSR count). The normalized spacial score (nSPS) is 9.88. The number of hydrogen-bond donors (Lipinski definition) is 1. The lowest BCUT2D eigenvalue weighted by atomic mass is 10.2. The lowest BCUT2D eigenvalue weighted by Gasteiger charge is -2.20. The van der Waals surface area contributed by atoms with Gasteiger partial charge in [-0.3, -0.25) is 9.78 Å². The highest BCUT2D eigenvalue weighted by Gasteiger charge is 2.16. The number of likely N-dealkylation sites (N-methyl/N-ethyl adjacent to an activating group) is 1. The first kappa shape index (κ1) is 12.6. The maximum atomic E-state index is 12.1. The van der Waals surface area contributed by atoms with Crippen LogP contribution in [0.1, 0.15) is 23.0 Å². The predicted molar refractivity (Wildman–Crippen MR) is 67.3 cm³/mol. The molecule has 5 heteroatoms. The van der Waals surface area contributed by atoms with Crippen molar-refractivity contribution in [3.63, 3.8) is 0 Å². The Hall–Kier alpha value is -1.49. The highest BCUT2D eigenvalue weighted by molar-refractivity contribution is 7.80. The second kappa shape index (κ2) is 5.55. The zero-order valence-electron chi connectivity index (χ0n) is 9.43. The summed E-state index contributed by atoms with van der Waals surface area (Å²) in [6.07, 6.45) is 1.66. The molecule has 16 heavy (non-hydrogen) atoms. The monoisotopic (exact) mass is 237 g/mol. The number of aryl methyl sites for hydroxylation is 1. The van der Waals surface area contributed by atoms with E-state index in [2.05, 4.69) is 4.98 Å². The smallest absolute Gasteiger partial charge is 0.256 e. The van der Waals surface area contributed by atoms with Gasteiger partial charge < -0.3 is 10.6 Å². The van der Waals surface area contributed by atoms with Crippen LogP contribution in [0.2, 0.25) is 0 Å². The molecule has 0 aliphatic heterocycles. The van der Waals surface area contributed by atoms with Gasteiger partial charge in [0.25, 0.3) is 5.91 Å². The van der Waals surface area contributed by atoms with E-state index in [0.717, 1.165) is 0 Å². The van der Waals surface area contributed by atoms with E-state index in [9.17, 15) is 4.79 Å². The summed E-state index contributed by atoms with van der Waals surface area (Å²) in [6.45, 7) is 4.58. The number of carbonyl (C=O) groups is 1. The van der Waals surface area contributed by atoms with Crippen LogP contribution < -0.4 is 5.73 Å². The van der Waals surface area contributed by atoms with E-state index in [1.54, 1.807) is 23.2 Å². The maximum absolute atomic E-state index is 12.1. The van der Waals surface area contributed by atoms with Crippen molar-refractivity contribution in [2.24, 2.45) is 5.73 Å². The summed E-state index contributed by atoms with van der Waals surface area (Å²) in [7, 11) is 0. The number of amides is 1. The Morgan fingerprint density at radius 1 is 1.62 bits per heavy atom. The van der Waals surface area contributed by atoms with Gasteiger partial charge in [0.1, 0.15) is 0 Å². The molecule has 0 saturated heterocycles. The van der Waals surface area contributed by atoms with E-state index in [0.29, 0.717) is 29.3 Å². The molecule has 1 aromatic rings. The predicted octanol–water partition coefficient (Wildman–Crippen LogP) is 1.14. The number of nitrogens with two attached hydrogens (primary N) is 1. The first-order chi connectivity index (χ1) is 7.56. The van der Waals surface area contributed by atoms with Crippen molar-refractivity contribution in [3.8, 4) is 0 Å². The molecule has 0 spiro atoms. The Morgan fingerprint density at radius 3 is 2.81 bits per heavy atom. The van der Waals surface area contributed by atoms with Gasteiger partial charge in [-0.15, -0.1) is 0 Å². The fraction of sp³-hybridized carbons (Fsp3) is 0.364. The topological polar surface area (TPSA) is 59.2 Å². The van der Waals surface area contributed by atoms with Crippen LogP contribution in [0.3, 0.4) is 0 Å². The van der Waals surface area contributed by atoms with Crippen molar-refractivity contribution in [2.45, 2.75) is 13.8 Å². The minimum Gasteiger partial charge on any atom is -0.392 e. The molecular weight excluding hydrogens is 222 g/mol. The standard InChI is InChI=1S/C11H15N3OS/c1-3-14(7-10(12)16)11(15)9-5-4-6-13-8(9)2/h4-6H,3,7H2,1-2H3,(H2,12,16). The molecule has 4 nitrogen and oxygen atoms in total. The number of rotatable bonds is 4. The van der Waals surface area contributed by atoms with Gasteiger partial charge in [0.2, 0.25) is 0 Å². The summed E-state index contributed by atoms with van der Waals surface area (Å²) in [5, 5.41) is 0. The number of aromatic nitrogens is 1. The quantitative estimate of drug-likeness (QED) is 0.798. The molecule has 0 unspecified atom stereocenters. The van der Waals surface area contributed by atoms with E-state index in [1.807, 2.05) is 13.8 Å². The van der Waals surface area contributed by atoms with Crippen molar-refractivity contribution in [1.82, 2.24) is 9.88 Å². The molecule has 0 saturated carbocycles. The Balaban J connectivity index is 2.91. The fourth-order valence-corrected chi connectivity index (χ4v) is 1.55. The summed E-state index contributed by atoms with van der Waals surface area (Å²) >= 11 is 4.81. The minimum absolute atomic E-state index is 0.0825. The van der Waals surface area contributed by atoms with Crippen LogP contribution in [-0.4, -0.2) is 33.9 Å². The van der Waals surface area contributed by atoms with E-state index < -0.39 is 0 Å². The molecule has 0 bridgehead atoms. The van der Waals surface area contributed by atoms with Gasteiger partial charge in [-0.1, -0.05) is 12.2 Å². The average Bonchev–Trinajstić information content (AvgIpc) is 2.25. The molecule has 1 amide bonds. The van der Waals surface area contributed by atoms with Crippen molar-refractivity contribution in [3.05, 3.63) is 29.6 Å². The second-order valence-corrected chi connectivity index (χ2v) is 3.95. The molecule has 0 aliphatic rings. The van der Waals surface area contributed by atoms with E-state index in [1.165, 1.54) is 0 Å². The molecule has 0 fully saturated rings. The molecule has 0 aromatic carbocycles. The maximum Gasteiger partial charge on any atom is 0.256 e. The summed E-state index contributed by atoms with van der Waals surface area (Å²) in [6, 6.07) is 3.50. The second-order valence-electron chi connectivity index (χ2n) is 3.42. The van der Waals surface area contributed by atoms with Gasteiger partial charge in [-0.2, -0.15) is 0 Å². The van der Waals surface area contributed by atoms with Crippen molar-refractivity contribution >= 4 is 23.1 Å². The number of hydrogen-bond acceptors (Lipinski definition) is 3. The number of carbonyl (C=O) groups excluding carboxylic acids is 1. The molecule has 0 aliphatic carbocycles. The third-order valence-corrected chi connectivity index (χ3v) is 2.38. The first-order valence-electron chi connectivity index (χ1n) is 5.05. The Labute approximate surface area is 100 Å². The van der Waals surface area contributed by atoms with Crippen molar-refractivity contribution in [1.29, 1.82) is 0 Å². The molecule has 86 valence electrons. The van der Waals surface area contributed by atoms with Crippen LogP contribution in [0.4, 0.5) is 0 Å². The largest absolute Gasteiger partial charge is 0.392 e. The first-order valence-corrected chi connectivity index (χ1v) is 5.46. The average molecular weight is 237 g/mol. The molecule has 0 radical (unpaired) electrons. The molecular formula is C11H15N3OS. The molecule has 0 atom stereocenters. The summed E-state index contributed by atoms with van der Waals surface area (Å²) in [4.78, 5) is 18.1. The van der Waals surface area contributed by atoms with E-state index >= 15 is 0 Å². The Bertz CT molecular complexity index is 406. The fourth-order valence-electron chi connectivity index (χ4n) is 1.40. The summed E-state index contributed by atoms with van der Waals surface area (Å²) < 4.78 is 0. The van der Waals surface area contributed by atoms with Gasteiger partial charge in [0.05, 0.1) is 17.1 Å². The van der Waals surface area contributed by atoms with Crippen LogP contribution in [-0.2, 0) is 0 Å². The lowest BCUT2D eigenvalue weighted by molar-refractivity contribution is 0.0786. The van der Waals surface area contributed by atoms with Crippen molar-refractivity contribution in [2.75, 3.05) is 13.1 Å². The molecule has 1 aromatic heterocycles. The number of nitrogens with zero attached hydrogens (tertiary/aromatic N) is 2. The van der Waals surface area contributed by atoms with Gasteiger partial charge in [-0.25, -0.2) is 0 Å². The van der Waals surface area contributed by atoms with Crippen LogP contribution in [0.15, 0.2) is 18.3 Å². The summed E-state index contributed by atoms with van der Waals surface area (Å²) in [5.41, 5.74) is 6.76. The van der Waals surface area contributed by atoms with Gasteiger partial charge in [0, 0.05) is 18.4 Å². The van der Waals surface area contributed by atoms with Gasteiger partial charge in [-0.05, 0) is 26.0 Å². The van der Waals surface area contributed by atoms with Crippen LogP contribution in [0.5, 0.6) is 0 Å². The lowest BCUT2D eigenvalue weighted by Crippen LogP contribution is -2.37. The molecule has 2 N–H and O–H groups in total. The van der Waals surface area contributed by atoms with Crippen LogP contribution in [0, 0.1) is 6.92 Å².